The van der Waals surface area contributed by atoms with Crippen LogP contribution in [0.4, 0.5) is 5.69 Å². The minimum atomic E-state index is -0.960. The van der Waals surface area contributed by atoms with E-state index in [0.29, 0.717) is 128 Å². The molecule has 360 valence electrons. The molecule has 0 aromatic heterocycles. The summed E-state index contributed by atoms with van der Waals surface area (Å²) in [6.07, 6.45) is 20.4. The van der Waals surface area contributed by atoms with Crippen molar-refractivity contribution < 1.29 is 45.6 Å². The second-order valence-corrected chi connectivity index (χ2v) is 21.8. The summed E-state index contributed by atoms with van der Waals surface area (Å²) >= 11 is 0. The minimum absolute atomic E-state index is 0.239. The Morgan fingerprint density at radius 2 is 0.823 bits per heavy atom. The normalized spacial score (nSPS) is 18.9. The van der Waals surface area contributed by atoms with Gasteiger partial charge in [0.15, 0.2) is 0 Å². The van der Waals surface area contributed by atoms with E-state index in [4.69, 9.17) is 5.73 Å². The van der Waals surface area contributed by atoms with E-state index in [9.17, 15) is 45.6 Å². The summed E-state index contributed by atoms with van der Waals surface area (Å²) in [6, 6.07) is 4.80. The summed E-state index contributed by atoms with van der Waals surface area (Å²) in [4.78, 5) is 11.3. The lowest BCUT2D eigenvalue weighted by molar-refractivity contribution is -0.00779. The van der Waals surface area contributed by atoms with Crippen LogP contribution in [0.5, 0.6) is 0 Å². The molecule has 6 atom stereocenters. The van der Waals surface area contributed by atoms with Crippen LogP contribution in [0.1, 0.15) is 233 Å². The number of aromatic carboxylic acids is 1. The van der Waals surface area contributed by atoms with Crippen LogP contribution < -0.4 is 5.73 Å². The lowest BCUT2D eigenvalue weighted by Gasteiger charge is -2.31. The van der Waals surface area contributed by atoms with Crippen LogP contribution in [0.15, 0.2) is 41.5 Å². The molecule has 6 unspecified atom stereocenters. The summed E-state index contributed by atoms with van der Waals surface area (Å²) in [7, 11) is 0. The number of carboxylic acids is 1. The molecule has 0 bridgehead atoms. The molecule has 10 heteroatoms. The molecular formula is C52H93NO9. The number of rotatable bonds is 34. The van der Waals surface area contributed by atoms with E-state index in [1.807, 2.05) is 41.5 Å². The summed E-state index contributed by atoms with van der Waals surface area (Å²) < 4.78 is 0. The van der Waals surface area contributed by atoms with Crippen LogP contribution in [-0.4, -0.2) is 86.0 Å². The Bertz CT molecular complexity index is 1510. The average molecular weight is 876 g/mol. The van der Waals surface area contributed by atoms with Gasteiger partial charge in [0.25, 0.3) is 0 Å². The molecule has 1 aromatic carbocycles. The highest BCUT2D eigenvalue weighted by Crippen LogP contribution is 2.32. The van der Waals surface area contributed by atoms with Crippen molar-refractivity contribution in [2.24, 2.45) is 0 Å². The largest absolute Gasteiger partial charge is 0.478 e. The van der Waals surface area contributed by atoms with Crippen molar-refractivity contribution in [3.63, 3.8) is 0 Å². The van der Waals surface area contributed by atoms with E-state index >= 15 is 0 Å². The van der Waals surface area contributed by atoms with Gasteiger partial charge in [0.1, 0.15) is 0 Å². The number of hydrogen-bond donors (Lipinski definition) is 9. The lowest BCUT2D eigenvalue weighted by atomic mass is 9.83. The summed E-state index contributed by atoms with van der Waals surface area (Å²) in [5, 5.41) is 85.2. The molecule has 10 N–H and O–H groups in total. The molecule has 0 spiro atoms. The van der Waals surface area contributed by atoms with Crippen molar-refractivity contribution >= 4 is 11.7 Å². The smallest absolute Gasteiger partial charge is 0.335 e. The first-order valence-electron chi connectivity index (χ1n) is 23.8. The van der Waals surface area contributed by atoms with Crippen LogP contribution in [0.25, 0.3) is 0 Å². The van der Waals surface area contributed by atoms with E-state index < -0.39 is 45.2 Å². The van der Waals surface area contributed by atoms with Gasteiger partial charge in [0.2, 0.25) is 0 Å². The number of carboxylic acid groups (broad SMARTS) is 1. The predicted octanol–water partition coefficient (Wildman–Crippen LogP) is 10.7. The first-order chi connectivity index (χ1) is 28.3. The fourth-order valence-corrected chi connectivity index (χ4v) is 8.60. The molecule has 0 amide bonds. The second-order valence-electron chi connectivity index (χ2n) is 21.8. The average Bonchev–Trinajstić information content (AvgIpc) is 3.09. The number of nitrogen functional groups attached to an aromatic ring is 1. The molecule has 0 radical (unpaired) electrons. The number of aliphatic hydroxyl groups is 7. The van der Waals surface area contributed by atoms with Gasteiger partial charge in [0.05, 0.1) is 44.8 Å². The van der Waals surface area contributed by atoms with Crippen LogP contribution >= 0.6 is 0 Å². The number of benzene rings is 1. The van der Waals surface area contributed by atoms with Crippen molar-refractivity contribution in [1.29, 1.82) is 0 Å². The zero-order valence-corrected chi connectivity index (χ0v) is 40.9. The molecule has 1 aromatic rings. The molecule has 0 aliphatic carbocycles. The first kappa shape index (κ1) is 57.7. The second kappa shape index (κ2) is 26.0. The van der Waals surface area contributed by atoms with Gasteiger partial charge >= 0.3 is 5.97 Å². The highest BCUT2D eigenvalue weighted by molar-refractivity contribution is 5.88. The quantitative estimate of drug-likeness (QED) is 0.0237. The van der Waals surface area contributed by atoms with Crippen molar-refractivity contribution in [2.75, 3.05) is 5.73 Å². The highest BCUT2D eigenvalue weighted by atomic mass is 16.4. The van der Waals surface area contributed by atoms with E-state index in [2.05, 4.69) is 26.0 Å². The van der Waals surface area contributed by atoms with Crippen molar-refractivity contribution in [2.45, 2.75) is 263 Å². The van der Waals surface area contributed by atoms with Gasteiger partial charge in [-0.25, -0.2) is 4.79 Å². The number of nitrogens with two attached hydrogens (primary N) is 1. The van der Waals surface area contributed by atoms with Crippen molar-refractivity contribution in [3.05, 3.63) is 52.6 Å². The summed E-state index contributed by atoms with van der Waals surface area (Å²) in [5.74, 6) is -0.960. The maximum absolute atomic E-state index is 11.3. The number of carbonyl (C=O) groups is 1. The van der Waals surface area contributed by atoms with Gasteiger partial charge in [-0.2, -0.15) is 0 Å². The Balaban J connectivity index is 2.31. The standard InChI is InChI=1S/C52H93NO9/c1-40(19-11-20-41(2)22-23-42-39-43(45(54)55)24-25-44(42)53)21-12-27-47(5,57)29-14-31-49(7,59)33-16-35-51(9,61)37-18-38-52(10,62)36-17-34-50(8,60)32-15-30-48(6,58)28-13-26-46(3,4)56/h19,22,24-25,39,56-62H,11-18,20-21,23,26-38,53H2,1-10H3,(H,54,55)/b40-19+,41-22+. The van der Waals surface area contributed by atoms with Crippen LogP contribution in [0, 0.1) is 0 Å². The third kappa shape index (κ3) is 28.5. The van der Waals surface area contributed by atoms with Gasteiger partial charge in [-0.15, -0.1) is 0 Å². The Hall–Kier alpha value is -2.31. The Kier molecular flexibility index (Phi) is 24.2. The van der Waals surface area contributed by atoms with E-state index in [0.717, 1.165) is 37.7 Å². The van der Waals surface area contributed by atoms with E-state index in [-0.39, 0.29) is 5.56 Å². The Morgan fingerprint density at radius 1 is 0.500 bits per heavy atom. The molecule has 0 fully saturated rings. The van der Waals surface area contributed by atoms with Crippen molar-refractivity contribution in [1.82, 2.24) is 0 Å². The van der Waals surface area contributed by atoms with Crippen LogP contribution in [0.3, 0.4) is 0 Å². The van der Waals surface area contributed by atoms with Gasteiger partial charge in [-0.3, -0.25) is 0 Å². The zero-order valence-electron chi connectivity index (χ0n) is 40.9. The molecule has 10 nitrogen and oxygen atoms in total. The fourth-order valence-electron chi connectivity index (χ4n) is 8.60. The minimum Gasteiger partial charge on any atom is -0.478 e. The first-order valence-corrected chi connectivity index (χ1v) is 23.8. The number of allylic oxidation sites excluding steroid dienone is 4. The van der Waals surface area contributed by atoms with Gasteiger partial charge in [-0.1, -0.05) is 23.3 Å². The monoisotopic (exact) mass is 876 g/mol. The van der Waals surface area contributed by atoms with Crippen molar-refractivity contribution in [3.8, 4) is 0 Å². The summed E-state index contributed by atoms with van der Waals surface area (Å²) in [5.41, 5.74) is 4.30. The van der Waals surface area contributed by atoms with Gasteiger partial charge < -0.3 is 46.6 Å². The lowest BCUT2D eigenvalue weighted by Crippen LogP contribution is -2.31. The zero-order chi connectivity index (χ0) is 47.5. The predicted molar refractivity (Wildman–Crippen MR) is 255 cm³/mol. The van der Waals surface area contributed by atoms with Gasteiger partial charge in [-0.05, 0) is 247 Å². The van der Waals surface area contributed by atoms with Gasteiger partial charge in [0, 0.05) is 5.69 Å². The van der Waals surface area contributed by atoms with E-state index in [1.165, 1.54) is 17.2 Å². The molecule has 0 heterocycles. The third-order valence-electron chi connectivity index (χ3n) is 13.0. The SMILES string of the molecule is C/C(=C\Cc1cc(C(=O)O)ccc1N)CC/C=C(\C)CCCC(C)(O)CCCC(C)(O)CCCC(C)(O)CCCC(C)(O)CCCC(C)(O)CCCC(C)(O)CCCC(C)(C)O. The topological polar surface area (TPSA) is 205 Å². The van der Waals surface area contributed by atoms with Crippen LogP contribution in [0.2, 0.25) is 0 Å². The molecular weight excluding hydrogens is 783 g/mol. The van der Waals surface area contributed by atoms with E-state index in [1.54, 1.807) is 26.0 Å². The summed E-state index contributed by atoms with van der Waals surface area (Å²) in [6.45, 7) is 18.8. The maximum Gasteiger partial charge on any atom is 0.335 e. The van der Waals surface area contributed by atoms with Crippen LogP contribution in [-0.2, 0) is 6.42 Å². The molecule has 0 aliphatic rings. The Morgan fingerprint density at radius 3 is 1.16 bits per heavy atom. The maximum atomic E-state index is 11.3. The highest BCUT2D eigenvalue weighted by Gasteiger charge is 2.30. The Labute approximate surface area is 377 Å². The number of anilines is 1. The molecule has 0 saturated heterocycles. The third-order valence-corrected chi connectivity index (χ3v) is 13.0. The molecule has 1 rings (SSSR count). The molecule has 0 saturated carbocycles. The molecule has 0 aliphatic heterocycles. The fraction of sp³-hybridized carbons (Fsp3) is 0.788. The number of hydrogen-bond acceptors (Lipinski definition) is 9. The molecule has 62 heavy (non-hydrogen) atoms.